The zero-order valence-corrected chi connectivity index (χ0v) is 55.2. The molecule has 2 aliphatic heterocycles. The number of fused-ring (bicyclic) bond motifs is 10. The van der Waals surface area contributed by atoms with E-state index < -0.39 is 0 Å². The average molecular weight is 1250 g/mol. The average Bonchev–Trinajstić information content (AvgIpc) is 1.20. The van der Waals surface area contributed by atoms with E-state index >= 15 is 0 Å². The van der Waals surface area contributed by atoms with Crippen molar-refractivity contribution < 1.29 is 8.83 Å². The summed E-state index contributed by atoms with van der Waals surface area (Å²) in [5.41, 5.74) is 31.7. The molecule has 0 radical (unpaired) electrons. The lowest BCUT2D eigenvalue weighted by atomic mass is 9.33. The summed E-state index contributed by atoms with van der Waals surface area (Å²) in [4.78, 5) is 5.37. The van der Waals surface area contributed by atoms with Crippen LogP contribution < -0.4 is 26.2 Å². The van der Waals surface area contributed by atoms with Crippen LogP contribution in [0.2, 0.25) is 0 Å². The summed E-state index contributed by atoms with van der Waals surface area (Å²) < 4.78 is 13.6. The minimum absolute atomic E-state index is 0.179. The molecule has 0 saturated carbocycles. The maximum absolute atomic E-state index is 6.82. The van der Waals surface area contributed by atoms with Crippen molar-refractivity contribution in [3.63, 3.8) is 0 Å². The van der Waals surface area contributed by atoms with Crippen LogP contribution in [0.5, 0.6) is 0 Å². The van der Waals surface area contributed by atoms with Crippen LogP contribution >= 0.6 is 0 Å². The summed E-state index contributed by atoms with van der Waals surface area (Å²) in [5.74, 6) is 0. The number of para-hydroxylation sites is 4. The fraction of sp³-hybridized carbons (Fsp3) is 0.0870. The lowest BCUT2D eigenvalue weighted by molar-refractivity contribution is 0.590. The lowest BCUT2D eigenvalue weighted by Crippen LogP contribution is -2.61. The summed E-state index contributed by atoms with van der Waals surface area (Å²) in [6.45, 7) is 13.9. The van der Waals surface area contributed by atoms with Gasteiger partial charge in [0.05, 0.1) is 11.4 Å². The Kier molecular flexibility index (Phi) is 13.4. The molecule has 2 aromatic heterocycles. The first-order valence-corrected chi connectivity index (χ1v) is 33.9. The Hall–Kier alpha value is -11.7. The van der Waals surface area contributed by atoms with E-state index in [4.69, 9.17) is 8.83 Å². The van der Waals surface area contributed by atoms with Crippen LogP contribution in [0, 0.1) is 0 Å². The summed E-state index contributed by atoms with van der Waals surface area (Å²) in [5, 5.41) is 4.30. The van der Waals surface area contributed by atoms with Gasteiger partial charge in [0, 0.05) is 66.5 Å². The van der Waals surface area contributed by atoms with E-state index in [2.05, 4.69) is 361 Å². The Bertz CT molecular complexity index is 5550. The van der Waals surface area contributed by atoms with Crippen molar-refractivity contribution >= 4 is 101 Å². The van der Waals surface area contributed by atoms with Gasteiger partial charge < -0.3 is 18.6 Å². The molecule has 2 aliphatic rings. The maximum atomic E-state index is 6.82. The van der Waals surface area contributed by atoms with E-state index in [0.717, 1.165) is 128 Å². The maximum Gasteiger partial charge on any atom is 0.252 e. The topological polar surface area (TPSA) is 32.8 Å². The van der Waals surface area contributed by atoms with Crippen LogP contribution in [-0.4, -0.2) is 6.71 Å². The highest BCUT2D eigenvalue weighted by atomic mass is 16.3. The zero-order valence-electron chi connectivity index (χ0n) is 55.2. The Morgan fingerprint density at radius 2 is 0.649 bits per heavy atom. The van der Waals surface area contributed by atoms with Crippen LogP contribution in [0.4, 0.5) is 34.1 Å². The van der Waals surface area contributed by atoms with Gasteiger partial charge in [-0.05, 0) is 161 Å². The first-order chi connectivity index (χ1) is 47.4. The van der Waals surface area contributed by atoms with Gasteiger partial charge in [-0.25, -0.2) is 0 Å². The number of hydrogen-bond donors (Lipinski definition) is 0. The first-order valence-electron chi connectivity index (χ1n) is 33.9. The SMILES string of the molecule is CC(C)(C)c1ccc2c(c1)N(c1c(-c3ccccc3)cccc1-c1ccccc1)c1cc(C(C)(C)C)cc3c1B2c1cc(-c2cc(-c4ccccc4)cc(-c4ccccc4)c2)ccc1N3c1c(-c2cccc3oc4ccccc4c23)cccc1-c1cccc2oc3ccccc3c12. The minimum atomic E-state index is -0.317. The van der Waals surface area contributed by atoms with Crippen molar-refractivity contribution in [3.05, 3.63) is 321 Å². The normalized spacial score (nSPS) is 12.8. The molecule has 0 spiro atoms. The van der Waals surface area contributed by atoms with Gasteiger partial charge in [0.1, 0.15) is 22.3 Å². The Balaban J connectivity index is 1.02. The van der Waals surface area contributed by atoms with E-state index in [1.807, 2.05) is 0 Å². The number of hydrogen-bond acceptors (Lipinski definition) is 4. The van der Waals surface area contributed by atoms with Crippen LogP contribution in [-0.2, 0) is 10.8 Å². The van der Waals surface area contributed by atoms with E-state index in [-0.39, 0.29) is 17.5 Å². The predicted molar refractivity (Wildman–Crippen MR) is 410 cm³/mol. The van der Waals surface area contributed by atoms with Gasteiger partial charge in [-0.2, -0.15) is 0 Å². The fourth-order valence-electron chi connectivity index (χ4n) is 15.7. The van der Waals surface area contributed by atoms with Gasteiger partial charge >= 0.3 is 0 Å². The molecule has 0 saturated heterocycles. The van der Waals surface area contributed by atoms with Crippen LogP contribution in [0.15, 0.2) is 318 Å². The standard InChI is InChI=1S/C92H69BN2O2/c1-91(2,3)66-48-49-76-79(55-66)95(89-68(60-31-15-9-16-32-60)37-23-38-69(89)61-33-17-10-18-34-61)81-57-67(92(4,5)6)56-80-88(81)93(76)77-54-62(65-52-63(58-27-11-7-12-28-58)51-64(53-65)59-29-13-8-14-30-59)47-50-78(77)94(80)90-72(70-39-25-45-84-86(70)74-35-19-21-43-82(74)96-84)41-24-42-73(90)71-40-26-46-85-87(71)75-36-20-22-44-83(75)97-85/h7-57H,1-6H3. The molecular formula is C92H69BN2O2. The monoisotopic (exact) mass is 1240 g/mol. The summed E-state index contributed by atoms with van der Waals surface area (Å²) in [6.07, 6.45) is 0. The van der Waals surface area contributed by atoms with Gasteiger partial charge in [0.2, 0.25) is 0 Å². The summed E-state index contributed by atoms with van der Waals surface area (Å²) >= 11 is 0. The minimum Gasteiger partial charge on any atom is -0.456 e. The van der Waals surface area contributed by atoms with Gasteiger partial charge in [-0.3, -0.25) is 0 Å². The highest BCUT2D eigenvalue weighted by molar-refractivity contribution is 7.00. The third-order valence-corrected chi connectivity index (χ3v) is 20.4. The van der Waals surface area contributed by atoms with Gasteiger partial charge in [0.25, 0.3) is 6.71 Å². The van der Waals surface area contributed by atoms with Crippen molar-refractivity contribution in [1.82, 2.24) is 0 Å². The number of furan rings is 2. The summed E-state index contributed by atoms with van der Waals surface area (Å²) in [7, 11) is 0. The van der Waals surface area contributed by atoms with Gasteiger partial charge in [0.15, 0.2) is 0 Å². The molecule has 0 N–H and O–H groups in total. The van der Waals surface area contributed by atoms with E-state index in [0.29, 0.717) is 0 Å². The number of rotatable bonds is 9. The molecular weight excluding hydrogens is 1180 g/mol. The molecule has 0 fully saturated rings. The second-order valence-corrected chi connectivity index (χ2v) is 28.3. The third-order valence-electron chi connectivity index (χ3n) is 20.4. The molecule has 5 heteroatoms. The van der Waals surface area contributed by atoms with Gasteiger partial charge in [-0.1, -0.05) is 284 Å². The van der Waals surface area contributed by atoms with Crippen molar-refractivity contribution in [1.29, 1.82) is 0 Å². The molecule has 97 heavy (non-hydrogen) atoms. The fourth-order valence-corrected chi connectivity index (χ4v) is 15.7. The lowest BCUT2D eigenvalue weighted by Gasteiger charge is -2.46. The Morgan fingerprint density at radius 3 is 1.14 bits per heavy atom. The van der Waals surface area contributed by atoms with E-state index in [9.17, 15) is 0 Å². The van der Waals surface area contributed by atoms with Crippen molar-refractivity contribution in [2.24, 2.45) is 0 Å². The molecule has 0 amide bonds. The van der Waals surface area contributed by atoms with Crippen molar-refractivity contribution in [2.75, 3.05) is 9.80 Å². The molecule has 4 heterocycles. The Labute approximate surface area is 567 Å². The van der Waals surface area contributed by atoms with Crippen LogP contribution in [0.1, 0.15) is 52.7 Å². The zero-order chi connectivity index (χ0) is 65.3. The van der Waals surface area contributed by atoms with Crippen molar-refractivity contribution in [2.45, 2.75) is 52.4 Å². The van der Waals surface area contributed by atoms with E-state index in [1.54, 1.807) is 0 Å². The van der Waals surface area contributed by atoms with Crippen LogP contribution in [0.3, 0.4) is 0 Å². The molecule has 4 nitrogen and oxygen atoms in total. The van der Waals surface area contributed by atoms with Crippen molar-refractivity contribution in [3.8, 4) is 77.9 Å². The second kappa shape index (κ2) is 22.5. The second-order valence-electron chi connectivity index (χ2n) is 28.3. The predicted octanol–water partition coefficient (Wildman–Crippen LogP) is 23.8. The first kappa shape index (κ1) is 58.0. The molecule has 0 bridgehead atoms. The van der Waals surface area contributed by atoms with E-state index in [1.165, 1.54) is 55.5 Å². The quantitative estimate of drug-likeness (QED) is 0.135. The highest BCUT2D eigenvalue weighted by Crippen LogP contribution is 2.56. The Morgan fingerprint density at radius 1 is 0.258 bits per heavy atom. The number of anilines is 6. The number of nitrogens with zero attached hydrogens (tertiary/aromatic N) is 2. The smallest absolute Gasteiger partial charge is 0.252 e. The molecule has 16 aromatic rings. The van der Waals surface area contributed by atoms with Crippen LogP contribution in [0.25, 0.3) is 122 Å². The van der Waals surface area contributed by atoms with Gasteiger partial charge in [-0.15, -0.1) is 0 Å². The third kappa shape index (κ3) is 9.58. The molecule has 462 valence electrons. The number of benzene rings is 14. The molecule has 14 aromatic carbocycles. The molecule has 0 unspecified atom stereocenters. The molecule has 0 aliphatic carbocycles. The molecule has 0 atom stereocenters. The summed E-state index contributed by atoms with van der Waals surface area (Å²) in [6, 6.07) is 115. The largest absolute Gasteiger partial charge is 0.456 e. The highest BCUT2D eigenvalue weighted by Gasteiger charge is 2.46. The molecule has 18 rings (SSSR count).